The molecule has 5 heteroatoms. The highest BCUT2D eigenvalue weighted by molar-refractivity contribution is 5.97. The molecule has 1 atom stereocenters. The maximum atomic E-state index is 12.1. The number of rotatable bonds is 4. The molecule has 0 aromatic heterocycles. The van der Waals surface area contributed by atoms with E-state index in [4.69, 9.17) is 0 Å². The molecule has 1 heterocycles. The molecular weight excluding hydrogens is 276 g/mol. The first-order valence-electron chi connectivity index (χ1n) is 6.77. The number of piperazine rings is 1. The molecule has 0 spiro atoms. The molecule has 1 unspecified atom stereocenters. The predicted molar refractivity (Wildman–Crippen MR) is 81.3 cm³/mol. The Labute approximate surface area is 125 Å². The lowest BCUT2D eigenvalue weighted by atomic mass is 10.1. The van der Waals surface area contributed by atoms with Crippen molar-refractivity contribution >= 4 is 24.1 Å². The van der Waals surface area contributed by atoms with E-state index >= 15 is 0 Å². The molecule has 20 heavy (non-hydrogen) atoms. The summed E-state index contributed by atoms with van der Waals surface area (Å²) in [4.78, 5) is 25.9. The number of halogens is 1. The Morgan fingerprint density at radius 2 is 1.95 bits per heavy atom. The van der Waals surface area contributed by atoms with Gasteiger partial charge in [0.15, 0.2) is 5.78 Å². The van der Waals surface area contributed by atoms with Gasteiger partial charge in [-0.2, -0.15) is 0 Å². The van der Waals surface area contributed by atoms with Crippen LogP contribution in [-0.4, -0.2) is 42.3 Å². The van der Waals surface area contributed by atoms with Gasteiger partial charge >= 0.3 is 0 Å². The fourth-order valence-corrected chi connectivity index (χ4v) is 2.34. The predicted octanol–water partition coefficient (Wildman–Crippen LogP) is 1.89. The van der Waals surface area contributed by atoms with E-state index < -0.39 is 0 Å². The quantitative estimate of drug-likeness (QED) is 0.863. The van der Waals surface area contributed by atoms with Gasteiger partial charge in [-0.05, 0) is 6.92 Å². The molecule has 1 amide bonds. The second-order valence-electron chi connectivity index (χ2n) is 4.93. The van der Waals surface area contributed by atoms with Crippen LogP contribution >= 0.6 is 12.4 Å². The van der Waals surface area contributed by atoms with Crippen LogP contribution in [0.1, 0.15) is 30.1 Å². The second-order valence-corrected chi connectivity index (χ2v) is 4.93. The van der Waals surface area contributed by atoms with Crippen molar-refractivity contribution in [2.24, 2.45) is 0 Å². The molecule has 1 aromatic rings. The van der Waals surface area contributed by atoms with Crippen LogP contribution in [0.4, 0.5) is 0 Å². The molecule has 0 aliphatic carbocycles. The first kappa shape index (κ1) is 16.7. The summed E-state index contributed by atoms with van der Waals surface area (Å²) in [6, 6.07) is 9.36. The number of Topliss-reactive ketones (excluding diaryl/α,β-unsaturated/α-hetero) is 1. The van der Waals surface area contributed by atoms with Gasteiger partial charge in [-0.25, -0.2) is 0 Å². The molecule has 2 rings (SSSR count). The van der Waals surface area contributed by atoms with E-state index in [1.807, 2.05) is 30.0 Å². The fraction of sp³-hybridized carbons (Fsp3) is 0.467. The van der Waals surface area contributed by atoms with Crippen LogP contribution < -0.4 is 5.32 Å². The third kappa shape index (κ3) is 4.32. The fourth-order valence-electron chi connectivity index (χ4n) is 2.34. The first-order valence-corrected chi connectivity index (χ1v) is 6.77. The Kier molecular flexibility index (Phi) is 6.68. The van der Waals surface area contributed by atoms with E-state index in [-0.39, 0.29) is 30.1 Å². The number of hydrogen-bond acceptors (Lipinski definition) is 3. The zero-order valence-electron chi connectivity index (χ0n) is 11.7. The van der Waals surface area contributed by atoms with E-state index in [9.17, 15) is 9.59 Å². The molecule has 1 aromatic carbocycles. The average Bonchev–Trinajstić information content (AvgIpc) is 2.46. The molecule has 1 N–H and O–H groups in total. The highest BCUT2D eigenvalue weighted by atomic mass is 35.5. The molecule has 1 aliphatic heterocycles. The topological polar surface area (TPSA) is 49.4 Å². The Bertz CT molecular complexity index is 450. The zero-order chi connectivity index (χ0) is 13.7. The van der Waals surface area contributed by atoms with Crippen LogP contribution in [0.3, 0.4) is 0 Å². The van der Waals surface area contributed by atoms with Gasteiger partial charge in [0.05, 0.1) is 0 Å². The minimum absolute atomic E-state index is 0. The summed E-state index contributed by atoms with van der Waals surface area (Å²) < 4.78 is 0. The van der Waals surface area contributed by atoms with E-state index in [2.05, 4.69) is 5.32 Å². The van der Waals surface area contributed by atoms with Crippen molar-refractivity contribution in [2.45, 2.75) is 25.8 Å². The van der Waals surface area contributed by atoms with Crippen molar-refractivity contribution in [3.8, 4) is 0 Å². The number of nitrogens with zero attached hydrogens (tertiary/aromatic N) is 1. The second kappa shape index (κ2) is 8.02. The number of carbonyl (C=O) groups is 2. The van der Waals surface area contributed by atoms with Gasteiger partial charge < -0.3 is 10.2 Å². The van der Waals surface area contributed by atoms with Crippen molar-refractivity contribution < 1.29 is 9.59 Å². The van der Waals surface area contributed by atoms with Gasteiger partial charge in [0.2, 0.25) is 5.91 Å². The number of amides is 1. The maximum absolute atomic E-state index is 12.1. The molecule has 1 fully saturated rings. The molecular formula is C15H21ClN2O2. The average molecular weight is 297 g/mol. The summed E-state index contributed by atoms with van der Waals surface area (Å²) in [6.45, 7) is 4.43. The summed E-state index contributed by atoms with van der Waals surface area (Å²) in [5, 5.41) is 3.25. The Balaban J connectivity index is 0.00000200. The Morgan fingerprint density at radius 3 is 2.60 bits per heavy atom. The smallest absolute Gasteiger partial charge is 0.223 e. The van der Waals surface area contributed by atoms with Crippen LogP contribution in [0.2, 0.25) is 0 Å². The minimum Gasteiger partial charge on any atom is -0.337 e. The van der Waals surface area contributed by atoms with Crippen molar-refractivity contribution in [3.05, 3.63) is 35.9 Å². The monoisotopic (exact) mass is 296 g/mol. The van der Waals surface area contributed by atoms with Crippen LogP contribution in [0.5, 0.6) is 0 Å². The van der Waals surface area contributed by atoms with Crippen molar-refractivity contribution in [2.75, 3.05) is 19.6 Å². The van der Waals surface area contributed by atoms with Gasteiger partial charge in [0.1, 0.15) is 0 Å². The lowest BCUT2D eigenvalue weighted by molar-refractivity contribution is -0.133. The normalized spacial score (nSPS) is 18.2. The van der Waals surface area contributed by atoms with E-state index in [0.717, 1.165) is 19.6 Å². The van der Waals surface area contributed by atoms with Gasteiger partial charge in [0.25, 0.3) is 0 Å². The van der Waals surface area contributed by atoms with Crippen molar-refractivity contribution in [1.29, 1.82) is 0 Å². The van der Waals surface area contributed by atoms with E-state index in [1.165, 1.54) is 0 Å². The number of nitrogens with one attached hydrogen (secondary N) is 1. The summed E-state index contributed by atoms with van der Waals surface area (Å²) in [5.74, 6) is 0.120. The lowest BCUT2D eigenvalue weighted by Gasteiger charge is -2.34. The summed E-state index contributed by atoms with van der Waals surface area (Å²) >= 11 is 0. The highest BCUT2D eigenvalue weighted by Crippen LogP contribution is 2.09. The largest absolute Gasteiger partial charge is 0.337 e. The van der Waals surface area contributed by atoms with Crippen LogP contribution in [-0.2, 0) is 4.79 Å². The highest BCUT2D eigenvalue weighted by Gasteiger charge is 2.23. The lowest BCUT2D eigenvalue weighted by Crippen LogP contribution is -2.52. The number of benzene rings is 1. The van der Waals surface area contributed by atoms with Crippen LogP contribution in [0, 0.1) is 0 Å². The third-order valence-electron chi connectivity index (χ3n) is 3.48. The van der Waals surface area contributed by atoms with Gasteiger partial charge in [-0.15, -0.1) is 12.4 Å². The number of ketones is 1. The molecule has 1 aliphatic rings. The maximum Gasteiger partial charge on any atom is 0.223 e. The molecule has 0 bridgehead atoms. The minimum atomic E-state index is 0. The zero-order valence-corrected chi connectivity index (χ0v) is 12.5. The van der Waals surface area contributed by atoms with Crippen molar-refractivity contribution in [3.63, 3.8) is 0 Å². The summed E-state index contributed by atoms with van der Waals surface area (Å²) in [6.07, 6.45) is 0.595. The Morgan fingerprint density at radius 1 is 1.25 bits per heavy atom. The van der Waals surface area contributed by atoms with E-state index in [0.29, 0.717) is 18.4 Å². The SMILES string of the molecule is CC1CNCCN1C(=O)CCC(=O)c1ccccc1.Cl. The van der Waals surface area contributed by atoms with E-state index in [1.54, 1.807) is 12.1 Å². The molecule has 1 saturated heterocycles. The number of carbonyl (C=O) groups excluding carboxylic acids is 2. The van der Waals surface area contributed by atoms with Crippen LogP contribution in [0.15, 0.2) is 30.3 Å². The van der Waals surface area contributed by atoms with Crippen LogP contribution in [0.25, 0.3) is 0 Å². The van der Waals surface area contributed by atoms with Gasteiger partial charge in [0, 0.05) is 44.1 Å². The summed E-state index contributed by atoms with van der Waals surface area (Å²) in [7, 11) is 0. The van der Waals surface area contributed by atoms with Gasteiger partial charge in [-0.1, -0.05) is 30.3 Å². The first-order chi connectivity index (χ1) is 9.18. The Hall–Kier alpha value is -1.39. The number of hydrogen-bond donors (Lipinski definition) is 1. The molecule has 110 valence electrons. The summed E-state index contributed by atoms with van der Waals surface area (Å²) in [5.41, 5.74) is 0.684. The third-order valence-corrected chi connectivity index (χ3v) is 3.48. The molecule has 4 nitrogen and oxygen atoms in total. The standard InChI is InChI=1S/C15H20N2O2.ClH/c1-12-11-16-9-10-17(12)15(19)8-7-14(18)13-5-3-2-4-6-13;/h2-6,12,16H,7-11H2,1H3;1H. The van der Waals surface area contributed by atoms with Gasteiger partial charge in [-0.3, -0.25) is 9.59 Å². The van der Waals surface area contributed by atoms with Crippen molar-refractivity contribution in [1.82, 2.24) is 10.2 Å². The molecule has 0 radical (unpaired) electrons. The molecule has 0 saturated carbocycles.